The maximum Gasteiger partial charge on any atom is 0.421 e. The Kier molecular flexibility index (Phi) is 3.92. The fourth-order valence-corrected chi connectivity index (χ4v) is 1.63. The number of nitrogens with one attached hydrogen (secondary N) is 2. The van der Waals surface area contributed by atoms with E-state index in [0.29, 0.717) is 0 Å². The third-order valence-corrected chi connectivity index (χ3v) is 2.37. The molecule has 0 fully saturated rings. The molecule has 0 saturated carbocycles. The standard InChI is InChI=1S/C7H12N2O4S/c1-5-7(2,3)9-14(11,12)8-6(10)13-4/h1,9H,2-4H3,(H,8,10). The van der Waals surface area contributed by atoms with E-state index in [4.69, 9.17) is 6.42 Å². The second kappa shape index (κ2) is 4.30. The number of hydrogen-bond acceptors (Lipinski definition) is 4. The van der Waals surface area contributed by atoms with Crippen LogP contribution < -0.4 is 9.44 Å². The molecule has 0 rings (SSSR count). The van der Waals surface area contributed by atoms with Crippen LogP contribution in [0.15, 0.2) is 0 Å². The van der Waals surface area contributed by atoms with Gasteiger partial charge in [0.15, 0.2) is 0 Å². The van der Waals surface area contributed by atoms with Gasteiger partial charge in [0.05, 0.1) is 12.6 Å². The van der Waals surface area contributed by atoms with Crippen LogP contribution in [0.4, 0.5) is 4.79 Å². The second-order valence-electron chi connectivity index (χ2n) is 2.97. The van der Waals surface area contributed by atoms with Crippen LogP contribution in [0.2, 0.25) is 0 Å². The molecule has 0 bridgehead atoms. The van der Waals surface area contributed by atoms with Gasteiger partial charge in [-0.1, -0.05) is 5.92 Å². The minimum Gasteiger partial charge on any atom is -0.452 e. The number of hydrogen-bond donors (Lipinski definition) is 2. The minimum absolute atomic E-state index is 1.05. The fourth-order valence-electron chi connectivity index (χ4n) is 0.542. The molecule has 7 heteroatoms. The van der Waals surface area contributed by atoms with Crippen LogP contribution >= 0.6 is 0 Å². The quantitative estimate of drug-likeness (QED) is 0.633. The zero-order valence-corrected chi connectivity index (χ0v) is 8.94. The zero-order valence-electron chi connectivity index (χ0n) is 8.12. The minimum atomic E-state index is -3.98. The van der Waals surface area contributed by atoms with Gasteiger partial charge in [-0.05, 0) is 13.8 Å². The number of carbonyl (C=O) groups excluding carboxylic acids is 1. The summed E-state index contributed by atoms with van der Waals surface area (Å²) in [6, 6.07) is 0. The van der Waals surface area contributed by atoms with E-state index in [-0.39, 0.29) is 0 Å². The van der Waals surface area contributed by atoms with Crippen LogP contribution in [-0.4, -0.2) is 27.2 Å². The third-order valence-electron chi connectivity index (χ3n) is 1.15. The molecule has 0 atom stereocenters. The van der Waals surface area contributed by atoms with Crippen LogP contribution in [0.3, 0.4) is 0 Å². The van der Waals surface area contributed by atoms with Gasteiger partial charge in [-0.2, -0.15) is 13.1 Å². The molecule has 0 aromatic carbocycles. The largest absolute Gasteiger partial charge is 0.452 e. The number of ether oxygens (including phenoxy) is 1. The Bertz CT molecular complexity index is 352. The van der Waals surface area contributed by atoms with Gasteiger partial charge in [-0.25, -0.2) is 9.52 Å². The Morgan fingerprint density at radius 3 is 2.36 bits per heavy atom. The highest BCUT2D eigenvalue weighted by Crippen LogP contribution is 2.00. The summed E-state index contributed by atoms with van der Waals surface area (Å²) in [4.78, 5) is 10.6. The van der Waals surface area contributed by atoms with E-state index in [1.807, 2.05) is 0 Å². The molecule has 14 heavy (non-hydrogen) atoms. The van der Waals surface area contributed by atoms with Crippen molar-refractivity contribution in [1.29, 1.82) is 0 Å². The molecule has 0 heterocycles. The summed E-state index contributed by atoms with van der Waals surface area (Å²) in [5.74, 6) is 2.21. The molecule has 0 aliphatic carbocycles. The fraction of sp³-hybridized carbons (Fsp3) is 0.571. The van der Waals surface area contributed by atoms with Crippen molar-refractivity contribution in [1.82, 2.24) is 9.44 Å². The molecule has 2 N–H and O–H groups in total. The van der Waals surface area contributed by atoms with E-state index in [1.165, 1.54) is 13.8 Å². The SMILES string of the molecule is C#CC(C)(C)NS(=O)(=O)NC(=O)OC. The molecular formula is C7H12N2O4S. The molecule has 0 spiro atoms. The molecule has 0 aliphatic rings. The van der Waals surface area contributed by atoms with Crippen molar-refractivity contribution in [3.63, 3.8) is 0 Å². The number of methoxy groups -OCH3 is 1. The van der Waals surface area contributed by atoms with Gasteiger partial charge in [0.25, 0.3) is 0 Å². The molecule has 1 amide bonds. The molecule has 0 aromatic rings. The Labute approximate surface area is 83.2 Å². The van der Waals surface area contributed by atoms with E-state index >= 15 is 0 Å². The first-order valence-corrected chi connectivity index (χ1v) is 5.08. The lowest BCUT2D eigenvalue weighted by Crippen LogP contribution is -2.49. The monoisotopic (exact) mass is 220 g/mol. The first kappa shape index (κ1) is 12.7. The van der Waals surface area contributed by atoms with Crippen molar-refractivity contribution >= 4 is 16.3 Å². The molecule has 6 nitrogen and oxygen atoms in total. The van der Waals surface area contributed by atoms with Crippen molar-refractivity contribution in [2.45, 2.75) is 19.4 Å². The van der Waals surface area contributed by atoms with Crippen LogP contribution in [0.5, 0.6) is 0 Å². The number of rotatable bonds is 3. The third kappa shape index (κ3) is 4.69. The molecule has 0 aromatic heterocycles. The van der Waals surface area contributed by atoms with Gasteiger partial charge in [-0.3, -0.25) is 0 Å². The van der Waals surface area contributed by atoms with Crippen molar-refractivity contribution < 1.29 is 17.9 Å². The first-order valence-electron chi connectivity index (χ1n) is 3.60. The molecule has 80 valence electrons. The molecular weight excluding hydrogens is 208 g/mol. The Morgan fingerprint density at radius 2 is 2.00 bits per heavy atom. The molecule has 0 unspecified atom stereocenters. The van der Waals surface area contributed by atoms with Gasteiger partial charge in [0, 0.05) is 0 Å². The molecule has 0 radical (unpaired) electrons. The highest BCUT2D eigenvalue weighted by molar-refractivity contribution is 7.88. The van der Waals surface area contributed by atoms with Crippen LogP contribution in [-0.2, 0) is 14.9 Å². The van der Waals surface area contributed by atoms with Gasteiger partial charge in [0.2, 0.25) is 0 Å². The topological polar surface area (TPSA) is 84.5 Å². The molecule has 0 aliphatic heterocycles. The lowest BCUT2D eigenvalue weighted by molar-refractivity contribution is 0.177. The summed E-state index contributed by atoms with van der Waals surface area (Å²) in [5, 5.41) is 0. The maximum atomic E-state index is 11.2. The van der Waals surface area contributed by atoms with Crippen molar-refractivity contribution in [2.75, 3.05) is 7.11 Å². The van der Waals surface area contributed by atoms with Crippen molar-refractivity contribution in [3.8, 4) is 12.3 Å². The predicted octanol–water partition coefficient (Wildman–Crippen LogP) is -0.411. The average Bonchev–Trinajstić information content (AvgIpc) is 2.01. The first-order chi connectivity index (χ1) is 6.22. The van der Waals surface area contributed by atoms with Gasteiger partial charge in [0.1, 0.15) is 0 Å². The highest BCUT2D eigenvalue weighted by Gasteiger charge is 2.23. The van der Waals surface area contributed by atoms with Crippen LogP contribution in [0.25, 0.3) is 0 Å². The van der Waals surface area contributed by atoms with Crippen LogP contribution in [0, 0.1) is 12.3 Å². The summed E-state index contributed by atoms with van der Waals surface area (Å²) in [7, 11) is -2.93. The van der Waals surface area contributed by atoms with E-state index < -0.39 is 21.8 Å². The summed E-state index contributed by atoms with van der Waals surface area (Å²) in [6.45, 7) is 2.95. The van der Waals surface area contributed by atoms with Gasteiger partial charge in [-0.15, -0.1) is 6.42 Å². The summed E-state index contributed by atoms with van der Waals surface area (Å²) < 4.78 is 30.1. The maximum absolute atomic E-state index is 11.2. The summed E-state index contributed by atoms with van der Waals surface area (Å²) in [6.07, 6.45) is 3.98. The van der Waals surface area contributed by atoms with Crippen LogP contribution in [0.1, 0.15) is 13.8 Å². The Balaban J connectivity index is 4.54. The van der Waals surface area contributed by atoms with Gasteiger partial charge < -0.3 is 4.74 Å². The Morgan fingerprint density at radius 1 is 1.50 bits per heavy atom. The predicted molar refractivity (Wildman–Crippen MR) is 50.5 cm³/mol. The lowest BCUT2D eigenvalue weighted by Gasteiger charge is -2.18. The van der Waals surface area contributed by atoms with E-state index in [9.17, 15) is 13.2 Å². The second-order valence-corrected chi connectivity index (χ2v) is 4.38. The number of terminal acetylenes is 1. The van der Waals surface area contributed by atoms with Gasteiger partial charge >= 0.3 is 16.3 Å². The lowest BCUT2D eigenvalue weighted by atomic mass is 10.1. The smallest absolute Gasteiger partial charge is 0.421 e. The number of carbonyl (C=O) groups is 1. The Hall–Kier alpha value is -1.26. The highest BCUT2D eigenvalue weighted by atomic mass is 32.2. The van der Waals surface area contributed by atoms with E-state index in [2.05, 4.69) is 15.4 Å². The zero-order chi connectivity index (χ0) is 11.4. The molecule has 0 saturated heterocycles. The number of amides is 1. The van der Waals surface area contributed by atoms with Crippen molar-refractivity contribution in [3.05, 3.63) is 0 Å². The van der Waals surface area contributed by atoms with Crippen molar-refractivity contribution in [2.24, 2.45) is 0 Å². The summed E-state index contributed by atoms with van der Waals surface area (Å²) >= 11 is 0. The normalized spacial score (nSPS) is 11.6. The average molecular weight is 220 g/mol. The van der Waals surface area contributed by atoms with E-state index in [0.717, 1.165) is 7.11 Å². The summed E-state index contributed by atoms with van der Waals surface area (Å²) in [5.41, 5.74) is -1.07. The van der Waals surface area contributed by atoms with E-state index in [1.54, 1.807) is 4.72 Å².